The van der Waals surface area contributed by atoms with Crippen LogP contribution in [0.15, 0.2) is 47.1 Å². The summed E-state index contributed by atoms with van der Waals surface area (Å²) in [5, 5.41) is 8.72. The predicted octanol–water partition coefficient (Wildman–Crippen LogP) is 5.74. The third kappa shape index (κ3) is 7.77. The zero-order valence-electron chi connectivity index (χ0n) is 21.9. The highest BCUT2D eigenvalue weighted by Gasteiger charge is 2.23. The number of halogens is 3. The number of aryl methyl sites for hydroxylation is 1. The van der Waals surface area contributed by atoms with Gasteiger partial charge in [-0.3, -0.25) is 14.4 Å². The van der Waals surface area contributed by atoms with Gasteiger partial charge in [0.15, 0.2) is 0 Å². The van der Waals surface area contributed by atoms with E-state index in [-0.39, 0.29) is 17.4 Å². The number of aromatic nitrogens is 3. The molecule has 1 atom stereocenters. The largest absolute Gasteiger partial charge is 0.497 e. The van der Waals surface area contributed by atoms with Crippen LogP contribution in [0.5, 0.6) is 5.75 Å². The lowest BCUT2D eigenvalue weighted by molar-refractivity contribution is -0.130. The summed E-state index contributed by atoms with van der Waals surface area (Å²) in [5.41, 5.74) is 2.48. The third-order valence-corrected chi connectivity index (χ3v) is 8.10. The Labute approximate surface area is 237 Å². The summed E-state index contributed by atoms with van der Waals surface area (Å²) in [4.78, 5) is 17.0. The molecule has 1 aliphatic heterocycles. The molecule has 0 N–H and O–H groups in total. The molecule has 2 heterocycles. The van der Waals surface area contributed by atoms with Gasteiger partial charge in [0.25, 0.3) is 0 Å². The minimum atomic E-state index is -0.527. The molecule has 1 fully saturated rings. The van der Waals surface area contributed by atoms with Gasteiger partial charge in [0.2, 0.25) is 5.91 Å². The van der Waals surface area contributed by atoms with E-state index in [1.54, 1.807) is 13.2 Å². The number of amides is 1. The number of carbonyl (C=O) groups is 1. The molecule has 0 bridgehead atoms. The molecule has 2 aromatic carbocycles. The highest BCUT2D eigenvalue weighted by Crippen LogP contribution is 2.28. The Balaban J connectivity index is 1.22. The maximum atomic E-state index is 14.4. The highest BCUT2D eigenvalue weighted by molar-refractivity contribution is 9.10. The number of nitrogens with zero attached hydrogens (tertiary/aromatic N) is 5. The minimum Gasteiger partial charge on any atom is -0.497 e. The highest BCUT2D eigenvalue weighted by atomic mass is 79.9. The van der Waals surface area contributed by atoms with Gasteiger partial charge in [-0.25, -0.2) is 4.39 Å². The molecule has 1 saturated heterocycles. The van der Waals surface area contributed by atoms with Crippen LogP contribution in [0.1, 0.15) is 42.5 Å². The number of hydrogen-bond donors (Lipinski definition) is 0. The van der Waals surface area contributed by atoms with Crippen LogP contribution >= 0.6 is 27.5 Å². The Hall–Kier alpha value is -2.49. The molecule has 3 aromatic rings. The fraction of sp³-hybridized carbons (Fsp3) is 0.464. The van der Waals surface area contributed by atoms with Crippen LogP contribution in [0.2, 0.25) is 5.02 Å². The molecule has 1 unspecified atom stereocenters. The Morgan fingerprint density at radius 1 is 1.18 bits per heavy atom. The van der Waals surface area contributed by atoms with Gasteiger partial charge in [-0.15, -0.1) is 5.10 Å². The van der Waals surface area contributed by atoms with E-state index in [0.717, 1.165) is 56.8 Å². The van der Waals surface area contributed by atoms with Crippen molar-refractivity contribution in [3.05, 3.63) is 74.7 Å². The predicted molar refractivity (Wildman–Crippen MR) is 150 cm³/mol. The second-order valence-electron chi connectivity index (χ2n) is 9.96. The first-order chi connectivity index (χ1) is 18.3. The maximum Gasteiger partial charge on any atom is 0.227 e. The maximum absolute atomic E-state index is 14.4. The third-order valence-electron chi connectivity index (χ3n) is 7.06. The molecular weight excluding hydrogens is 573 g/mol. The molecule has 0 aliphatic carbocycles. The smallest absolute Gasteiger partial charge is 0.227 e. The van der Waals surface area contributed by atoms with Crippen LogP contribution in [0.4, 0.5) is 4.39 Å². The number of methoxy groups -OCH3 is 1. The molecular formula is C28H34BrClFN5O2. The fourth-order valence-electron chi connectivity index (χ4n) is 4.91. The van der Waals surface area contributed by atoms with E-state index in [1.807, 2.05) is 27.9 Å². The molecule has 204 valence electrons. The monoisotopic (exact) mass is 605 g/mol. The fourth-order valence-corrected chi connectivity index (χ4v) is 5.53. The Kier molecular flexibility index (Phi) is 10.2. The van der Waals surface area contributed by atoms with Crippen LogP contribution in [0, 0.1) is 11.7 Å². The summed E-state index contributed by atoms with van der Waals surface area (Å²) in [6.45, 7) is 3.71. The Morgan fingerprint density at radius 3 is 2.74 bits per heavy atom. The zero-order chi connectivity index (χ0) is 27.1. The van der Waals surface area contributed by atoms with Crippen LogP contribution in [0.3, 0.4) is 0 Å². The average molecular weight is 607 g/mol. The average Bonchev–Trinajstić information content (AvgIpc) is 3.21. The van der Waals surface area contributed by atoms with Crippen LogP contribution < -0.4 is 4.74 Å². The Bertz CT molecular complexity index is 1220. The second-order valence-corrected chi connectivity index (χ2v) is 11.2. The number of benzene rings is 2. The van der Waals surface area contributed by atoms with Crippen molar-refractivity contribution >= 4 is 33.4 Å². The number of hydrogen-bond acceptors (Lipinski definition) is 5. The van der Waals surface area contributed by atoms with Crippen molar-refractivity contribution < 1.29 is 13.9 Å². The molecule has 1 aliphatic rings. The summed E-state index contributed by atoms with van der Waals surface area (Å²) < 4.78 is 22.2. The van der Waals surface area contributed by atoms with E-state index >= 15 is 0 Å². The molecule has 10 heteroatoms. The molecule has 7 nitrogen and oxygen atoms in total. The number of likely N-dealkylation sites (tertiary alicyclic amines) is 1. The van der Waals surface area contributed by atoms with E-state index in [0.29, 0.717) is 29.0 Å². The van der Waals surface area contributed by atoms with Crippen LogP contribution in [-0.4, -0.2) is 57.9 Å². The van der Waals surface area contributed by atoms with Gasteiger partial charge in [-0.1, -0.05) is 44.9 Å². The van der Waals surface area contributed by atoms with E-state index in [9.17, 15) is 9.18 Å². The number of rotatable bonds is 10. The first kappa shape index (κ1) is 28.5. The summed E-state index contributed by atoms with van der Waals surface area (Å²) in [6.07, 6.45) is 5.94. The molecule has 38 heavy (non-hydrogen) atoms. The van der Waals surface area contributed by atoms with Crippen molar-refractivity contribution in [1.82, 2.24) is 24.8 Å². The first-order valence-electron chi connectivity index (χ1n) is 12.9. The van der Waals surface area contributed by atoms with Crippen molar-refractivity contribution in [2.45, 2.75) is 51.7 Å². The van der Waals surface area contributed by atoms with E-state index in [2.05, 4.69) is 50.3 Å². The number of carbonyl (C=O) groups excluding carboxylic acids is 1. The molecule has 0 saturated carbocycles. The zero-order valence-corrected chi connectivity index (χ0v) is 24.2. The van der Waals surface area contributed by atoms with E-state index < -0.39 is 5.82 Å². The molecule has 1 amide bonds. The lowest BCUT2D eigenvalue weighted by atomic mass is 9.97. The molecule has 4 rings (SSSR count). The summed E-state index contributed by atoms with van der Waals surface area (Å²) in [7, 11) is 3.74. The van der Waals surface area contributed by atoms with Gasteiger partial charge in [0.1, 0.15) is 11.6 Å². The summed E-state index contributed by atoms with van der Waals surface area (Å²) in [6, 6.07) is 11.3. The van der Waals surface area contributed by atoms with Crippen molar-refractivity contribution in [2.75, 3.05) is 27.2 Å². The quantitative estimate of drug-likeness (QED) is 0.276. The molecule has 0 spiro atoms. The van der Waals surface area contributed by atoms with Gasteiger partial charge < -0.3 is 9.64 Å². The van der Waals surface area contributed by atoms with Gasteiger partial charge in [0.05, 0.1) is 24.2 Å². The lowest BCUT2D eigenvalue weighted by Crippen LogP contribution is -2.33. The van der Waals surface area contributed by atoms with Crippen molar-refractivity contribution in [3.8, 4) is 5.75 Å². The summed E-state index contributed by atoms with van der Waals surface area (Å²) >= 11 is 9.26. The van der Waals surface area contributed by atoms with Gasteiger partial charge in [-0.2, -0.15) is 0 Å². The lowest BCUT2D eigenvalue weighted by Gasteiger charge is -2.21. The molecule has 0 radical (unpaired) electrons. The van der Waals surface area contributed by atoms with Crippen LogP contribution in [0.25, 0.3) is 0 Å². The van der Waals surface area contributed by atoms with E-state index in [1.165, 1.54) is 11.6 Å². The first-order valence-corrected chi connectivity index (χ1v) is 14.1. The van der Waals surface area contributed by atoms with Gasteiger partial charge >= 0.3 is 0 Å². The standard InChI is InChI=1S/C28H34BrClFN5O2/c1-34(17-21-5-7-23(38-2)8-6-21)18-22-19-36(33-32-22)15-12-20-4-3-13-35(14-11-20)27(37)16-24-25(29)9-10-26(30)28(24)31/h5-10,19-20H,3-4,11-18H2,1-2H3. The number of ether oxygens (including phenoxy) is 1. The normalized spacial score (nSPS) is 16.1. The molecule has 1 aromatic heterocycles. The SMILES string of the molecule is COc1ccc(CN(C)Cc2cn(CCC3CCCN(C(=O)Cc4c(Br)ccc(Cl)c4F)CC3)nn2)cc1. The van der Waals surface area contributed by atoms with E-state index in [4.69, 9.17) is 16.3 Å². The van der Waals surface area contributed by atoms with Crippen molar-refractivity contribution in [1.29, 1.82) is 0 Å². The van der Waals surface area contributed by atoms with Crippen molar-refractivity contribution in [3.63, 3.8) is 0 Å². The van der Waals surface area contributed by atoms with Crippen LogP contribution in [-0.2, 0) is 30.8 Å². The van der Waals surface area contributed by atoms with Gasteiger partial charge in [-0.05, 0) is 68.5 Å². The minimum absolute atomic E-state index is 0.00624. The summed E-state index contributed by atoms with van der Waals surface area (Å²) in [5.74, 6) is 0.773. The topological polar surface area (TPSA) is 63.5 Å². The Morgan fingerprint density at radius 2 is 1.97 bits per heavy atom. The van der Waals surface area contributed by atoms with Crippen molar-refractivity contribution in [2.24, 2.45) is 5.92 Å². The van der Waals surface area contributed by atoms with Gasteiger partial charge in [0, 0.05) is 49.0 Å². The second kappa shape index (κ2) is 13.5.